The highest BCUT2D eigenvalue weighted by atomic mass is 19.1. The van der Waals surface area contributed by atoms with Crippen LogP contribution in [0.3, 0.4) is 0 Å². The van der Waals surface area contributed by atoms with Gasteiger partial charge in [-0.15, -0.1) is 0 Å². The Morgan fingerprint density at radius 3 is 2.22 bits per heavy atom. The van der Waals surface area contributed by atoms with Crippen LogP contribution in [0.15, 0.2) is 109 Å². The number of aliphatic carboxylic acids is 1. The number of carbonyl (C=O) groups is 2. The number of amides is 1. The number of ether oxygens (including phenoxy) is 1. The molecule has 228 valence electrons. The van der Waals surface area contributed by atoms with Gasteiger partial charge >= 0.3 is 5.97 Å². The Morgan fingerprint density at radius 1 is 0.911 bits per heavy atom. The standard InChI is InChI=1S/C37H32F2N2O4/c38-29-14-9-25(10-15-29)37(26-11-16-30(39)17-12-26)41-20-19-28-22-27(13-18-33(28)41)31(24-7-8-24)23-35(42)40-32-4-1-2-5-34(32)45-21-3-6-36(43)44/h1-2,4-5,9-20,22-24,37H,3,6-8,21H2,(H,40,42)(H,43,44)/b31-23+. The quantitative estimate of drug-likeness (QED) is 0.111. The summed E-state index contributed by atoms with van der Waals surface area (Å²) in [6.07, 6.45) is 6.00. The smallest absolute Gasteiger partial charge is 0.303 e. The van der Waals surface area contributed by atoms with Gasteiger partial charge in [-0.1, -0.05) is 42.5 Å². The van der Waals surface area contributed by atoms with Crippen molar-refractivity contribution in [3.63, 3.8) is 0 Å². The predicted octanol–water partition coefficient (Wildman–Crippen LogP) is 8.23. The van der Waals surface area contributed by atoms with Gasteiger partial charge in [0, 0.05) is 29.6 Å². The molecule has 1 amide bonds. The Hall–Kier alpha value is -5.24. The van der Waals surface area contributed by atoms with Crippen LogP contribution in [0, 0.1) is 17.6 Å². The van der Waals surface area contributed by atoms with Gasteiger partial charge < -0.3 is 19.7 Å². The highest BCUT2D eigenvalue weighted by Gasteiger charge is 2.28. The summed E-state index contributed by atoms with van der Waals surface area (Å²) in [4.78, 5) is 24.0. The lowest BCUT2D eigenvalue weighted by molar-refractivity contribution is -0.137. The zero-order valence-corrected chi connectivity index (χ0v) is 24.5. The normalized spacial score (nSPS) is 13.3. The molecule has 1 aromatic heterocycles. The van der Waals surface area contributed by atoms with Crippen LogP contribution in [0.5, 0.6) is 5.75 Å². The van der Waals surface area contributed by atoms with Crippen molar-refractivity contribution < 1.29 is 28.2 Å². The zero-order chi connectivity index (χ0) is 31.3. The highest BCUT2D eigenvalue weighted by Crippen LogP contribution is 2.43. The average molecular weight is 607 g/mol. The number of carboxylic acids is 1. The maximum atomic E-state index is 13.8. The minimum Gasteiger partial charge on any atom is -0.491 e. The molecule has 2 N–H and O–H groups in total. The lowest BCUT2D eigenvalue weighted by atomic mass is 9.97. The predicted molar refractivity (Wildman–Crippen MR) is 170 cm³/mol. The molecule has 0 spiro atoms. The number of fused-ring (bicyclic) bond motifs is 1. The number of carboxylic acid groups (broad SMARTS) is 1. The summed E-state index contributed by atoms with van der Waals surface area (Å²) in [6, 6.07) is 27.6. The monoisotopic (exact) mass is 606 g/mol. The van der Waals surface area contributed by atoms with E-state index in [1.807, 2.05) is 24.4 Å². The third-order valence-electron chi connectivity index (χ3n) is 7.94. The van der Waals surface area contributed by atoms with Crippen molar-refractivity contribution in [2.75, 3.05) is 11.9 Å². The second-order valence-electron chi connectivity index (χ2n) is 11.2. The molecule has 1 fully saturated rings. The number of halogens is 2. The highest BCUT2D eigenvalue weighted by molar-refractivity contribution is 6.05. The molecule has 0 atom stereocenters. The molecule has 0 radical (unpaired) electrons. The van der Waals surface area contributed by atoms with E-state index in [2.05, 4.69) is 16.0 Å². The largest absolute Gasteiger partial charge is 0.491 e. The maximum absolute atomic E-state index is 13.8. The number of para-hydroxylation sites is 2. The maximum Gasteiger partial charge on any atom is 0.303 e. The van der Waals surface area contributed by atoms with Crippen molar-refractivity contribution in [3.05, 3.63) is 138 Å². The van der Waals surface area contributed by atoms with Gasteiger partial charge in [-0.05, 0) is 102 Å². The van der Waals surface area contributed by atoms with E-state index < -0.39 is 5.97 Å². The molecule has 1 heterocycles. The molecule has 6 rings (SSSR count). The SMILES string of the molecule is O=C(O)CCCOc1ccccc1NC(=O)/C=C(/c1ccc2c(ccn2C(c2ccc(F)cc2)c2ccc(F)cc2)c1)C1CC1. The summed E-state index contributed by atoms with van der Waals surface area (Å²) in [5.74, 6) is -1.04. The second-order valence-corrected chi connectivity index (χ2v) is 11.2. The van der Waals surface area contributed by atoms with Crippen LogP contribution in [-0.2, 0) is 9.59 Å². The number of aromatic nitrogens is 1. The molecule has 8 heteroatoms. The number of allylic oxidation sites excluding steroid dienone is 1. The molecule has 5 aromatic rings. The van der Waals surface area contributed by atoms with E-state index in [1.54, 1.807) is 54.6 Å². The first-order chi connectivity index (χ1) is 21.9. The summed E-state index contributed by atoms with van der Waals surface area (Å²) >= 11 is 0. The number of hydrogen-bond donors (Lipinski definition) is 2. The Kier molecular flexibility index (Phi) is 8.73. The minimum atomic E-state index is -0.881. The fraction of sp³-hybridized carbons (Fsp3) is 0.189. The number of hydrogen-bond acceptors (Lipinski definition) is 3. The van der Waals surface area contributed by atoms with E-state index in [-0.39, 0.29) is 42.5 Å². The summed E-state index contributed by atoms with van der Waals surface area (Å²) in [5.41, 5.74) is 5.11. The minimum absolute atomic E-state index is 0.00880. The van der Waals surface area contributed by atoms with Crippen LogP contribution in [0.2, 0.25) is 0 Å². The second kappa shape index (κ2) is 13.2. The molecular weight excluding hydrogens is 574 g/mol. The summed E-state index contributed by atoms with van der Waals surface area (Å²) in [6.45, 7) is 0.227. The van der Waals surface area contributed by atoms with Crippen LogP contribution in [-0.4, -0.2) is 28.2 Å². The third-order valence-corrected chi connectivity index (χ3v) is 7.94. The lowest BCUT2D eigenvalue weighted by Gasteiger charge is -2.22. The lowest BCUT2D eigenvalue weighted by Crippen LogP contribution is -2.12. The Morgan fingerprint density at radius 2 is 1.58 bits per heavy atom. The molecule has 4 aromatic carbocycles. The van der Waals surface area contributed by atoms with Crippen LogP contribution in [0.25, 0.3) is 16.5 Å². The topological polar surface area (TPSA) is 80.6 Å². The van der Waals surface area contributed by atoms with Crippen LogP contribution >= 0.6 is 0 Å². The fourth-order valence-electron chi connectivity index (χ4n) is 5.62. The molecular formula is C37H32F2N2O4. The van der Waals surface area contributed by atoms with Crippen molar-refractivity contribution >= 4 is 34.0 Å². The summed E-state index contributed by atoms with van der Waals surface area (Å²) in [5, 5.41) is 12.8. The van der Waals surface area contributed by atoms with Crippen molar-refractivity contribution in [1.29, 1.82) is 0 Å². The Bertz CT molecular complexity index is 1810. The van der Waals surface area contributed by atoms with Crippen molar-refractivity contribution in [2.24, 2.45) is 5.92 Å². The molecule has 1 saturated carbocycles. The fourth-order valence-corrected chi connectivity index (χ4v) is 5.62. The number of nitrogens with zero attached hydrogens (tertiary/aromatic N) is 1. The van der Waals surface area contributed by atoms with Gasteiger partial charge in [0.2, 0.25) is 5.91 Å². The van der Waals surface area contributed by atoms with Gasteiger partial charge in [0.25, 0.3) is 0 Å². The average Bonchev–Trinajstić information content (AvgIpc) is 3.80. The molecule has 6 nitrogen and oxygen atoms in total. The van der Waals surface area contributed by atoms with Crippen molar-refractivity contribution in [3.8, 4) is 5.75 Å². The molecule has 45 heavy (non-hydrogen) atoms. The van der Waals surface area contributed by atoms with E-state index in [0.717, 1.165) is 46.0 Å². The van der Waals surface area contributed by atoms with Gasteiger partial charge in [0.15, 0.2) is 0 Å². The van der Waals surface area contributed by atoms with Gasteiger partial charge in [0.1, 0.15) is 17.4 Å². The zero-order valence-electron chi connectivity index (χ0n) is 24.5. The number of rotatable bonds is 12. The molecule has 0 aliphatic heterocycles. The van der Waals surface area contributed by atoms with E-state index >= 15 is 0 Å². The third kappa shape index (κ3) is 7.12. The van der Waals surface area contributed by atoms with E-state index in [1.165, 1.54) is 24.3 Å². The van der Waals surface area contributed by atoms with Gasteiger partial charge in [-0.25, -0.2) is 8.78 Å². The first-order valence-electron chi connectivity index (χ1n) is 14.9. The number of benzene rings is 4. The van der Waals surface area contributed by atoms with Gasteiger partial charge in [0.05, 0.1) is 18.3 Å². The molecule has 1 aliphatic carbocycles. The van der Waals surface area contributed by atoms with E-state index in [0.29, 0.717) is 17.9 Å². The van der Waals surface area contributed by atoms with E-state index in [4.69, 9.17) is 9.84 Å². The van der Waals surface area contributed by atoms with Crippen molar-refractivity contribution in [2.45, 2.75) is 31.7 Å². The molecule has 1 aliphatic rings. The van der Waals surface area contributed by atoms with E-state index in [9.17, 15) is 18.4 Å². The molecule has 0 saturated heterocycles. The number of carbonyl (C=O) groups excluding carboxylic acids is 1. The summed E-state index contributed by atoms with van der Waals surface area (Å²) in [7, 11) is 0. The van der Waals surface area contributed by atoms with Crippen LogP contribution in [0.1, 0.15) is 48.4 Å². The summed E-state index contributed by atoms with van der Waals surface area (Å²) < 4.78 is 35.4. The van der Waals surface area contributed by atoms with Crippen LogP contribution in [0.4, 0.5) is 14.5 Å². The Balaban J connectivity index is 1.27. The molecule has 0 unspecified atom stereocenters. The van der Waals surface area contributed by atoms with Crippen molar-refractivity contribution in [1.82, 2.24) is 4.57 Å². The molecule has 0 bridgehead atoms. The Labute approximate surface area is 259 Å². The van der Waals surface area contributed by atoms with Gasteiger partial charge in [-0.2, -0.15) is 0 Å². The first-order valence-corrected chi connectivity index (χ1v) is 14.9. The number of nitrogens with one attached hydrogen (secondary N) is 1. The number of anilines is 1. The van der Waals surface area contributed by atoms with Gasteiger partial charge in [-0.3, -0.25) is 9.59 Å². The van der Waals surface area contributed by atoms with Crippen LogP contribution < -0.4 is 10.1 Å². The first kappa shape index (κ1) is 29.8.